The van der Waals surface area contributed by atoms with Gasteiger partial charge in [0.2, 0.25) is 0 Å². The maximum atomic E-state index is 6.08. The van der Waals surface area contributed by atoms with Gasteiger partial charge in [-0.1, -0.05) is 25.8 Å². The highest BCUT2D eigenvalue weighted by atomic mass is 15.2. The fourth-order valence-electron chi connectivity index (χ4n) is 2.80. The molecule has 1 aliphatic rings. The summed E-state index contributed by atoms with van der Waals surface area (Å²) in [4.78, 5) is 6.95. The van der Waals surface area contributed by atoms with Crippen molar-refractivity contribution in [3.8, 4) is 0 Å². The number of pyridine rings is 1. The van der Waals surface area contributed by atoms with Gasteiger partial charge in [-0.3, -0.25) is 0 Å². The lowest BCUT2D eigenvalue weighted by Crippen LogP contribution is -2.31. The number of aromatic nitrogens is 1. The molecule has 0 saturated heterocycles. The predicted octanol–water partition coefficient (Wildman–Crippen LogP) is 2.74. The number of rotatable bonds is 5. The summed E-state index contributed by atoms with van der Waals surface area (Å²) >= 11 is 0. The summed E-state index contributed by atoms with van der Waals surface area (Å²) in [5, 5.41) is 0. The zero-order chi connectivity index (χ0) is 13.0. The Morgan fingerprint density at radius 3 is 2.83 bits per heavy atom. The van der Waals surface area contributed by atoms with Crippen LogP contribution in [-0.2, 0) is 6.42 Å². The largest absolute Gasteiger partial charge is 0.356 e. The van der Waals surface area contributed by atoms with Gasteiger partial charge in [-0.05, 0) is 37.3 Å². The average Bonchev–Trinajstić information content (AvgIpc) is 2.92. The Bertz CT molecular complexity index is 372. The third-order valence-corrected chi connectivity index (χ3v) is 4.08. The van der Waals surface area contributed by atoms with Crippen LogP contribution in [0.3, 0.4) is 0 Å². The van der Waals surface area contributed by atoms with Gasteiger partial charge < -0.3 is 10.6 Å². The molecule has 1 unspecified atom stereocenters. The molecule has 3 heteroatoms. The van der Waals surface area contributed by atoms with E-state index in [1.807, 2.05) is 12.3 Å². The van der Waals surface area contributed by atoms with Crippen molar-refractivity contribution in [1.29, 1.82) is 0 Å². The van der Waals surface area contributed by atoms with Crippen molar-refractivity contribution in [2.45, 2.75) is 57.5 Å². The van der Waals surface area contributed by atoms with E-state index in [2.05, 4.69) is 29.9 Å². The average molecular weight is 247 g/mol. The van der Waals surface area contributed by atoms with Crippen LogP contribution in [0, 0.1) is 0 Å². The standard InChI is InChI=1S/C15H25N3/c1-3-13(16)11-12-7-6-10-17-15(12)18(2)14-8-4-5-9-14/h6-7,10,13-14H,3-5,8-9,11,16H2,1-2H3. The maximum Gasteiger partial charge on any atom is 0.131 e. The molecule has 0 aliphatic heterocycles. The normalized spacial score (nSPS) is 17.9. The van der Waals surface area contributed by atoms with Crippen LogP contribution in [-0.4, -0.2) is 24.1 Å². The number of hydrogen-bond donors (Lipinski definition) is 1. The first-order chi connectivity index (χ1) is 8.72. The van der Waals surface area contributed by atoms with Gasteiger partial charge in [0.15, 0.2) is 0 Å². The fraction of sp³-hybridized carbons (Fsp3) is 0.667. The molecule has 1 saturated carbocycles. The number of nitrogens with two attached hydrogens (primary N) is 1. The van der Waals surface area contributed by atoms with E-state index in [1.54, 1.807) is 0 Å². The predicted molar refractivity (Wildman–Crippen MR) is 76.9 cm³/mol. The Kier molecular flexibility index (Phi) is 4.59. The van der Waals surface area contributed by atoms with Crippen molar-refractivity contribution >= 4 is 5.82 Å². The van der Waals surface area contributed by atoms with E-state index in [0.717, 1.165) is 18.7 Å². The molecule has 100 valence electrons. The summed E-state index contributed by atoms with van der Waals surface area (Å²) in [6.45, 7) is 2.14. The minimum absolute atomic E-state index is 0.241. The quantitative estimate of drug-likeness (QED) is 0.870. The molecule has 2 rings (SSSR count). The van der Waals surface area contributed by atoms with Crippen molar-refractivity contribution in [2.24, 2.45) is 5.73 Å². The minimum atomic E-state index is 0.241. The zero-order valence-electron chi connectivity index (χ0n) is 11.6. The molecule has 0 radical (unpaired) electrons. The van der Waals surface area contributed by atoms with Crippen LogP contribution >= 0.6 is 0 Å². The fourth-order valence-corrected chi connectivity index (χ4v) is 2.80. The summed E-state index contributed by atoms with van der Waals surface area (Å²) in [6, 6.07) is 5.09. The molecule has 1 fully saturated rings. The van der Waals surface area contributed by atoms with Crippen LogP contribution in [0.2, 0.25) is 0 Å². The van der Waals surface area contributed by atoms with Crippen molar-refractivity contribution in [1.82, 2.24) is 4.98 Å². The summed E-state index contributed by atoms with van der Waals surface area (Å²) in [6.07, 6.45) is 9.13. The number of hydrogen-bond acceptors (Lipinski definition) is 3. The molecule has 18 heavy (non-hydrogen) atoms. The van der Waals surface area contributed by atoms with E-state index in [-0.39, 0.29) is 6.04 Å². The Hall–Kier alpha value is -1.09. The van der Waals surface area contributed by atoms with Crippen molar-refractivity contribution in [3.05, 3.63) is 23.9 Å². The lowest BCUT2D eigenvalue weighted by molar-refractivity contribution is 0.623. The first-order valence-corrected chi connectivity index (χ1v) is 7.14. The molecule has 0 spiro atoms. The molecular weight excluding hydrogens is 222 g/mol. The Morgan fingerprint density at radius 1 is 1.44 bits per heavy atom. The summed E-state index contributed by atoms with van der Waals surface area (Å²) in [5.74, 6) is 1.13. The first kappa shape index (κ1) is 13.3. The second-order valence-electron chi connectivity index (χ2n) is 5.41. The summed E-state index contributed by atoms with van der Waals surface area (Å²) in [7, 11) is 2.18. The smallest absolute Gasteiger partial charge is 0.131 e. The number of anilines is 1. The first-order valence-electron chi connectivity index (χ1n) is 7.14. The monoisotopic (exact) mass is 247 g/mol. The molecule has 2 N–H and O–H groups in total. The van der Waals surface area contributed by atoms with Gasteiger partial charge >= 0.3 is 0 Å². The van der Waals surface area contributed by atoms with Gasteiger partial charge in [0, 0.05) is 25.3 Å². The van der Waals surface area contributed by atoms with Crippen LogP contribution < -0.4 is 10.6 Å². The van der Waals surface area contributed by atoms with Gasteiger partial charge in [-0.2, -0.15) is 0 Å². The van der Waals surface area contributed by atoms with Crippen molar-refractivity contribution in [3.63, 3.8) is 0 Å². The second-order valence-corrected chi connectivity index (χ2v) is 5.41. The van der Waals surface area contributed by atoms with E-state index in [0.29, 0.717) is 6.04 Å². The lowest BCUT2D eigenvalue weighted by Gasteiger charge is -2.28. The van der Waals surface area contributed by atoms with E-state index in [4.69, 9.17) is 5.73 Å². The zero-order valence-corrected chi connectivity index (χ0v) is 11.6. The van der Waals surface area contributed by atoms with E-state index in [1.165, 1.54) is 31.2 Å². The van der Waals surface area contributed by atoms with Gasteiger partial charge in [0.1, 0.15) is 5.82 Å². The third-order valence-electron chi connectivity index (χ3n) is 4.08. The Balaban J connectivity index is 2.15. The van der Waals surface area contributed by atoms with Crippen LogP contribution in [0.4, 0.5) is 5.82 Å². The van der Waals surface area contributed by atoms with Gasteiger partial charge in [-0.25, -0.2) is 4.98 Å². The van der Waals surface area contributed by atoms with Crippen molar-refractivity contribution in [2.75, 3.05) is 11.9 Å². The minimum Gasteiger partial charge on any atom is -0.356 e. The molecular formula is C15H25N3. The van der Waals surface area contributed by atoms with Gasteiger partial charge in [0.05, 0.1) is 0 Å². The highest BCUT2D eigenvalue weighted by molar-refractivity contribution is 5.47. The summed E-state index contributed by atoms with van der Waals surface area (Å²) < 4.78 is 0. The molecule has 0 aromatic carbocycles. The molecule has 1 atom stereocenters. The SMILES string of the molecule is CCC(N)Cc1cccnc1N(C)C1CCCC1. The highest BCUT2D eigenvalue weighted by Crippen LogP contribution is 2.28. The molecule has 0 amide bonds. The van der Waals surface area contributed by atoms with Crippen LogP contribution in [0.15, 0.2) is 18.3 Å². The van der Waals surface area contributed by atoms with Gasteiger partial charge in [-0.15, -0.1) is 0 Å². The number of nitrogens with zero attached hydrogens (tertiary/aromatic N) is 2. The lowest BCUT2D eigenvalue weighted by atomic mass is 10.0. The highest BCUT2D eigenvalue weighted by Gasteiger charge is 2.22. The van der Waals surface area contributed by atoms with E-state index in [9.17, 15) is 0 Å². The molecule has 0 bridgehead atoms. The topological polar surface area (TPSA) is 42.1 Å². The van der Waals surface area contributed by atoms with E-state index < -0.39 is 0 Å². The summed E-state index contributed by atoms with van der Waals surface area (Å²) in [5.41, 5.74) is 7.37. The molecule has 1 aromatic heterocycles. The molecule has 1 heterocycles. The Labute approximate surface area is 110 Å². The van der Waals surface area contributed by atoms with E-state index >= 15 is 0 Å². The molecule has 1 aliphatic carbocycles. The molecule has 1 aromatic rings. The van der Waals surface area contributed by atoms with Crippen molar-refractivity contribution < 1.29 is 0 Å². The third kappa shape index (κ3) is 3.02. The Morgan fingerprint density at radius 2 is 2.17 bits per heavy atom. The van der Waals surface area contributed by atoms with Crippen LogP contribution in [0.25, 0.3) is 0 Å². The second kappa shape index (κ2) is 6.19. The molecule has 3 nitrogen and oxygen atoms in total. The van der Waals surface area contributed by atoms with Crippen LogP contribution in [0.1, 0.15) is 44.6 Å². The maximum absolute atomic E-state index is 6.08. The van der Waals surface area contributed by atoms with Gasteiger partial charge in [0.25, 0.3) is 0 Å². The van der Waals surface area contributed by atoms with Crippen LogP contribution in [0.5, 0.6) is 0 Å².